The number of amides is 1. The van der Waals surface area contributed by atoms with Crippen molar-refractivity contribution in [2.45, 2.75) is 31.8 Å². The van der Waals surface area contributed by atoms with Gasteiger partial charge in [0.05, 0.1) is 26.2 Å². The van der Waals surface area contributed by atoms with Gasteiger partial charge in [-0.15, -0.1) is 0 Å². The molecule has 2 aromatic rings. The Labute approximate surface area is 178 Å². The molecule has 1 aliphatic heterocycles. The first kappa shape index (κ1) is 20.7. The van der Waals surface area contributed by atoms with Gasteiger partial charge in [0.2, 0.25) is 5.91 Å². The van der Waals surface area contributed by atoms with E-state index in [1.54, 1.807) is 14.2 Å². The number of fused-ring (bicyclic) bond motifs is 1. The number of hydrogen-bond donors (Lipinski definition) is 1. The highest BCUT2D eigenvalue weighted by Gasteiger charge is 2.53. The van der Waals surface area contributed by atoms with E-state index >= 15 is 0 Å². The monoisotopic (exact) mass is 409 g/mol. The molecule has 4 unspecified atom stereocenters. The third kappa shape index (κ3) is 3.67. The summed E-state index contributed by atoms with van der Waals surface area (Å²) in [5.41, 5.74) is 0.746. The van der Waals surface area contributed by atoms with Crippen LogP contribution in [-0.4, -0.2) is 43.2 Å². The van der Waals surface area contributed by atoms with E-state index in [1.165, 1.54) is 0 Å². The molecule has 2 fully saturated rings. The van der Waals surface area contributed by atoms with Crippen molar-refractivity contribution < 1.29 is 19.4 Å². The van der Waals surface area contributed by atoms with Gasteiger partial charge in [-0.25, -0.2) is 0 Å². The van der Waals surface area contributed by atoms with E-state index in [1.807, 2.05) is 53.4 Å². The molecule has 0 aromatic heterocycles. The van der Waals surface area contributed by atoms with Crippen LogP contribution in [0.3, 0.4) is 0 Å². The van der Waals surface area contributed by atoms with Crippen LogP contribution < -0.4 is 9.47 Å². The Kier molecular flexibility index (Phi) is 5.74. The molecule has 1 amide bonds. The van der Waals surface area contributed by atoms with Crippen molar-refractivity contribution in [1.82, 2.24) is 4.90 Å². The van der Waals surface area contributed by atoms with E-state index in [4.69, 9.17) is 9.47 Å². The van der Waals surface area contributed by atoms with Gasteiger partial charge in [0.1, 0.15) is 11.5 Å². The second-order valence-electron chi connectivity index (χ2n) is 8.82. The third-order valence-corrected chi connectivity index (χ3v) is 6.88. The molecule has 1 saturated heterocycles. The lowest BCUT2D eigenvalue weighted by atomic mass is 9.64. The summed E-state index contributed by atoms with van der Waals surface area (Å²) in [4.78, 5) is 15.1. The van der Waals surface area contributed by atoms with Gasteiger partial charge >= 0.3 is 0 Å². The van der Waals surface area contributed by atoms with Crippen LogP contribution in [0.5, 0.6) is 11.5 Å². The SMILES string of the molecule is COc1ccccc1CC(=O)N1CC2CC(C)CC(O)(c3ccccc3OC)C2C1. The highest BCUT2D eigenvalue weighted by atomic mass is 16.5. The maximum atomic E-state index is 13.1. The summed E-state index contributed by atoms with van der Waals surface area (Å²) >= 11 is 0. The molecule has 2 aliphatic rings. The molecule has 5 heteroatoms. The summed E-state index contributed by atoms with van der Waals surface area (Å²) in [6.07, 6.45) is 2.02. The molecule has 4 atom stereocenters. The van der Waals surface area contributed by atoms with Gasteiger partial charge in [-0.3, -0.25) is 4.79 Å². The van der Waals surface area contributed by atoms with E-state index < -0.39 is 5.60 Å². The summed E-state index contributed by atoms with van der Waals surface area (Å²) in [5, 5.41) is 11.9. The minimum atomic E-state index is -0.992. The summed E-state index contributed by atoms with van der Waals surface area (Å²) in [5.74, 6) is 2.21. The number of carbonyl (C=O) groups is 1. The number of hydrogen-bond acceptors (Lipinski definition) is 4. The molecule has 4 rings (SSSR count). The fourth-order valence-corrected chi connectivity index (χ4v) is 5.57. The molecular weight excluding hydrogens is 378 g/mol. The number of carbonyl (C=O) groups excluding carboxylic acids is 1. The van der Waals surface area contributed by atoms with Crippen LogP contribution in [-0.2, 0) is 16.8 Å². The fraction of sp³-hybridized carbons (Fsp3) is 0.480. The Hall–Kier alpha value is -2.53. The average Bonchev–Trinajstić information content (AvgIpc) is 3.19. The van der Waals surface area contributed by atoms with Crippen LogP contribution >= 0.6 is 0 Å². The van der Waals surface area contributed by atoms with Crippen molar-refractivity contribution in [3.05, 3.63) is 59.7 Å². The molecule has 0 spiro atoms. The predicted molar refractivity (Wildman–Crippen MR) is 116 cm³/mol. The van der Waals surface area contributed by atoms with Crippen LogP contribution in [0.2, 0.25) is 0 Å². The van der Waals surface area contributed by atoms with Crippen molar-refractivity contribution >= 4 is 5.91 Å². The first-order chi connectivity index (χ1) is 14.5. The van der Waals surface area contributed by atoms with E-state index in [0.717, 1.165) is 23.3 Å². The van der Waals surface area contributed by atoms with Gasteiger partial charge in [-0.2, -0.15) is 0 Å². The molecule has 0 radical (unpaired) electrons. The Bertz CT molecular complexity index is 914. The van der Waals surface area contributed by atoms with E-state index in [2.05, 4.69) is 6.92 Å². The zero-order chi connectivity index (χ0) is 21.3. The average molecular weight is 410 g/mol. The Morgan fingerprint density at radius 2 is 1.73 bits per heavy atom. The number of nitrogens with zero attached hydrogens (tertiary/aromatic N) is 1. The molecule has 1 saturated carbocycles. The summed E-state index contributed by atoms with van der Waals surface area (Å²) in [7, 11) is 3.27. The van der Waals surface area contributed by atoms with Gasteiger partial charge in [-0.1, -0.05) is 43.3 Å². The number of rotatable bonds is 5. The third-order valence-electron chi connectivity index (χ3n) is 6.88. The molecule has 0 bridgehead atoms. The summed E-state index contributed by atoms with van der Waals surface area (Å²) in [6.45, 7) is 3.45. The number of methoxy groups -OCH3 is 2. The van der Waals surface area contributed by atoms with Gasteiger partial charge in [0, 0.05) is 30.1 Å². The molecule has 30 heavy (non-hydrogen) atoms. The maximum Gasteiger partial charge on any atom is 0.227 e. The minimum absolute atomic E-state index is 0.00613. The fourth-order valence-electron chi connectivity index (χ4n) is 5.57. The molecule has 1 aliphatic carbocycles. The first-order valence-corrected chi connectivity index (χ1v) is 10.7. The van der Waals surface area contributed by atoms with Crippen LogP contribution in [0.25, 0.3) is 0 Å². The van der Waals surface area contributed by atoms with E-state index in [9.17, 15) is 9.90 Å². The number of para-hydroxylation sites is 2. The molecule has 5 nitrogen and oxygen atoms in total. The lowest BCUT2D eigenvalue weighted by Gasteiger charge is -2.44. The highest BCUT2D eigenvalue weighted by Crippen LogP contribution is 2.52. The number of benzene rings is 2. The van der Waals surface area contributed by atoms with Gasteiger partial charge in [0.25, 0.3) is 0 Å². The molecule has 1 heterocycles. The molecule has 160 valence electrons. The van der Waals surface area contributed by atoms with Crippen molar-refractivity contribution in [3.8, 4) is 11.5 Å². The Balaban J connectivity index is 1.58. The number of aliphatic hydroxyl groups is 1. The zero-order valence-electron chi connectivity index (χ0n) is 18.0. The van der Waals surface area contributed by atoms with Crippen molar-refractivity contribution in [2.24, 2.45) is 17.8 Å². The highest BCUT2D eigenvalue weighted by molar-refractivity contribution is 5.80. The van der Waals surface area contributed by atoms with Crippen molar-refractivity contribution in [1.29, 1.82) is 0 Å². The van der Waals surface area contributed by atoms with Crippen LogP contribution in [0.15, 0.2) is 48.5 Å². The van der Waals surface area contributed by atoms with Gasteiger partial charge in [-0.05, 0) is 36.8 Å². The summed E-state index contributed by atoms with van der Waals surface area (Å²) in [6, 6.07) is 15.4. The molecule has 2 aromatic carbocycles. The van der Waals surface area contributed by atoms with E-state index in [0.29, 0.717) is 37.6 Å². The second-order valence-corrected chi connectivity index (χ2v) is 8.82. The van der Waals surface area contributed by atoms with Gasteiger partial charge < -0.3 is 19.5 Å². The lowest BCUT2D eigenvalue weighted by molar-refractivity contribution is -0.130. The Morgan fingerprint density at radius 1 is 1.07 bits per heavy atom. The van der Waals surface area contributed by atoms with E-state index in [-0.39, 0.29) is 17.7 Å². The minimum Gasteiger partial charge on any atom is -0.496 e. The topological polar surface area (TPSA) is 59.0 Å². The second kappa shape index (κ2) is 8.31. The first-order valence-electron chi connectivity index (χ1n) is 10.7. The smallest absolute Gasteiger partial charge is 0.227 e. The maximum absolute atomic E-state index is 13.1. The molecular formula is C25H31NO4. The van der Waals surface area contributed by atoms with Crippen LogP contribution in [0, 0.1) is 17.8 Å². The van der Waals surface area contributed by atoms with Crippen molar-refractivity contribution in [3.63, 3.8) is 0 Å². The largest absolute Gasteiger partial charge is 0.496 e. The summed E-state index contributed by atoms with van der Waals surface area (Å²) < 4.78 is 11.0. The van der Waals surface area contributed by atoms with Crippen molar-refractivity contribution in [2.75, 3.05) is 27.3 Å². The predicted octanol–water partition coefficient (Wildman–Crippen LogP) is 3.64. The van der Waals surface area contributed by atoms with Crippen LogP contribution in [0.1, 0.15) is 30.9 Å². The van der Waals surface area contributed by atoms with Crippen LogP contribution in [0.4, 0.5) is 0 Å². The normalized spacial score (nSPS) is 28.1. The Morgan fingerprint density at radius 3 is 2.47 bits per heavy atom. The number of likely N-dealkylation sites (tertiary alicyclic amines) is 1. The lowest BCUT2D eigenvalue weighted by Crippen LogP contribution is -2.45. The zero-order valence-corrected chi connectivity index (χ0v) is 18.0. The standard InChI is InChI=1S/C25H31NO4/c1-17-12-19-15-26(24(27)13-18-8-4-6-10-22(18)29-2)16-21(19)25(28,14-17)20-9-5-7-11-23(20)30-3/h4-11,17,19,21,28H,12-16H2,1-3H3. The molecule has 1 N–H and O–H groups in total. The number of ether oxygens (including phenoxy) is 2. The quantitative estimate of drug-likeness (QED) is 0.819. The van der Waals surface area contributed by atoms with Gasteiger partial charge in [0.15, 0.2) is 0 Å².